The van der Waals surface area contributed by atoms with Crippen molar-refractivity contribution >= 4 is 34.4 Å². The second-order valence-corrected chi connectivity index (χ2v) is 21.1. The lowest BCUT2D eigenvalue weighted by atomic mass is 10.3. The van der Waals surface area contributed by atoms with Crippen LogP contribution >= 0.6 is 7.14 Å². The second kappa shape index (κ2) is 9.23. The third-order valence-corrected chi connectivity index (χ3v) is 9.58. The van der Waals surface area contributed by atoms with Crippen LogP contribution in [0.2, 0.25) is 39.3 Å². The fourth-order valence-corrected chi connectivity index (χ4v) is 8.82. The molecule has 0 radical (unpaired) electrons. The summed E-state index contributed by atoms with van der Waals surface area (Å²) in [7, 11) is -6.45. The highest BCUT2D eigenvalue weighted by molar-refractivity contribution is 7.78. The van der Waals surface area contributed by atoms with Crippen molar-refractivity contribution in [3.63, 3.8) is 0 Å². The molecule has 0 saturated heterocycles. The molecule has 0 bridgehead atoms. The number of hydrogen-bond acceptors (Lipinski definition) is 3. The molecular formula is C22H35O3PSi2. The van der Waals surface area contributed by atoms with Crippen molar-refractivity contribution in [2.45, 2.75) is 58.4 Å². The molecule has 0 saturated carbocycles. The molecule has 154 valence electrons. The van der Waals surface area contributed by atoms with Crippen LogP contribution in [0.1, 0.15) is 6.92 Å². The highest BCUT2D eigenvalue weighted by atomic mass is 31.2. The molecule has 2 atom stereocenters. The zero-order valence-electron chi connectivity index (χ0n) is 18.3. The van der Waals surface area contributed by atoms with Gasteiger partial charge in [-0.05, 0) is 46.2 Å². The standard InChI is InChI=1S/C22H35O3PSi2/c1-19(24-27(2,3)4)22(25-28(5,6)7)18-26(23,20-14-10-8-11-15-20)21-16-12-9-13-17-21/h8-17,19,22H,18H2,1-7H3/t19-,22-/m1/s1. The Hall–Kier alpha value is -0.976. The largest absolute Gasteiger partial charge is 0.412 e. The summed E-state index contributed by atoms with van der Waals surface area (Å²) < 4.78 is 27.4. The molecule has 0 fully saturated rings. The lowest BCUT2D eigenvalue weighted by Crippen LogP contribution is -2.46. The molecule has 6 heteroatoms. The number of rotatable bonds is 9. The minimum atomic E-state index is -2.85. The fraction of sp³-hybridized carbons (Fsp3) is 0.455. The lowest BCUT2D eigenvalue weighted by molar-refractivity contribution is 0.0699. The first kappa shape index (κ1) is 23.3. The van der Waals surface area contributed by atoms with Crippen LogP contribution < -0.4 is 10.6 Å². The van der Waals surface area contributed by atoms with E-state index < -0.39 is 23.8 Å². The molecule has 2 aromatic carbocycles. The van der Waals surface area contributed by atoms with Gasteiger partial charge < -0.3 is 13.4 Å². The zero-order valence-corrected chi connectivity index (χ0v) is 21.2. The molecule has 0 N–H and O–H groups in total. The molecule has 0 spiro atoms. The van der Waals surface area contributed by atoms with Crippen molar-refractivity contribution in [3.05, 3.63) is 60.7 Å². The van der Waals surface area contributed by atoms with Gasteiger partial charge in [-0.25, -0.2) is 0 Å². The molecular weight excluding hydrogens is 399 g/mol. The van der Waals surface area contributed by atoms with Crippen LogP contribution in [-0.4, -0.2) is 35.0 Å². The molecule has 0 aliphatic carbocycles. The third kappa shape index (κ3) is 6.82. The van der Waals surface area contributed by atoms with E-state index in [1.54, 1.807) is 0 Å². The van der Waals surface area contributed by atoms with Gasteiger partial charge in [0.2, 0.25) is 0 Å². The summed E-state index contributed by atoms with van der Waals surface area (Å²) in [5, 5.41) is 1.76. The Labute approximate surface area is 173 Å². The van der Waals surface area contributed by atoms with E-state index in [4.69, 9.17) is 8.85 Å². The Balaban J connectivity index is 2.47. The highest BCUT2D eigenvalue weighted by Crippen LogP contribution is 2.45. The van der Waals surface area contributed by atoms with E-state index in [1.165, 1.54) is 0 Å². The second-order valence-electron chi connectivity index (χ2n) is 9.30. The molecule has 0 aliphatic rings. The summed E-state index contributed by atoms with van der Waals surface area (Å²) in [6.45, 7) is 15.2. The Bertz CT molecular complexity index is 739. The van der Waals surface area contributed by atoms with Gasteiger partial charge in [0.15, 0.2) is 16.6 Å². The summed E-state index contributed by atoms with van der Waals surface area (Å²) in [6, 6.07) is 19.7. The predicted molar refractivity (Wildman–Crippen MR) is 127 cm³/mol. The third-order valence-electron chi connectivity index (χ3n) is 4.35. The molecule has 0 heterocycles. The minimum absolute atomic E-state index is 0.0980. The first-order valence-electron chi connectivity index (χ1n) is 9.97. The first-order chi connectivity index (χ1) is 12.9. The van der Waals surface area contributed by atoms with Crippen molar-refractivity contribution in [1.29, 1.82) is 0 Å². The Morgan fingerprint density at radius 2 is 1.14 bits per heavy atom. The predicted octanol–water partition coefficient (Wildman–Crippen LogP) is 5.46. The summed E-state index contributed by atoms with van der Waals surface area (Å²) >= 11 is 0. The Kier molecular flexibility index (Phi) is 7.68. The average molecular weight is 435 g/mol. The first-order valence-corrected chi connectivity index (χ1v) is 18.7. The fourth-order valence-electron chi connectivity index (χ4n) is 3.32. The lowest BCUT2D eigenvalue weighted by Gasteiger charge is -2.36. The number of benzene rings is 2. The summed E-state index contributed by atoms with van der Waals surface area (Å²) in [4.78, 5) is 0. The maximum Gasteiger partial charge on any atom is 0.184 e. The monoisotopic (exact) mass is 434 g/mol. The van der Waals surface area contributed by atoms with E-state index in [-0.39, 0.29) is 12.2 Å². The quantitative estimate of drug-likeness (QED) is 0.388. The van der Waals surface area contributed by atoms with Crippen molar-refractivity contribution < 1.29 is 13.4 Å². The minimum Gasteiger partial charge on any atom is -0.412 e. The van der Waals surface area contributed by atoms with Gasteiger partial charge in [-0.1, -0.05) is 60.7 Å². The van der Waals surface area contributed by atoms with Crippen molar-refractivity contribution in [2.75, 3.05) is 6.16 Å². The van der Waals surface area contributed by atoms with E-state index in [9.17, 15) is 4.57 Å². The van der Waals surface area contributed by atoms with Crippen LogP contribution in [0.4, 0.5) is 0 Å². The van der Waals surface area contributed by atoms with Crippen molar-refractivity contribution in [3.8, 4) is 0 Å². The van der Waals surface area contributed by atoms with Crippen LogP contribution in [0.5, 0.6) is 0 Å². The van der Waals surface area contributed by atoms with Gasteiger partial charge in [-0.3, -0.25) is 0 Å². The van der Waals surface area contributed by atoms with Crippen molar-refractivity contribution in [2.24, 2.45) is 0 Å². The van der Waals surface area contributed by atoms with Gasteiger partial charge in [0, 0.05) is 16.8 Å². The molecule has 28 heavy (non-hydrogen) atoms. The Morgan fingerprint density at radius 1 is 0.750 bits per heavy atom. The van der Waals surface area contributed by atoms with E-state index in [1.807, 2.05) is 60.7 Å². The summed E-state index contributed by atoms with van der Waals surface area (Å²) in [5.41, 5.74) is 0. The maximum absolute atomic E-state index is 14.5. The molecule has 0 aliphatic heterocycles. The van der Waals surface area contributed by atoms with Gasteiger partial charge in [0.1, 0.15) is 7.14 Å². The van der Waals surface area contributed by atoms with Crippen LogP contribution in [0, 0.1) is 0 Å². The SMILES string of the molecule is C[C@@H](O[Si](C)(C)C)[C@@H](CP(=O)(c1ccccc1)c1ccccc1)O[Si](C)(C)C. The van der Waals surface area contributed by atoms with Gasteiger partial charge in [-0.15, -0.1) is 0 Å². The van der Waals surface area contributed by atoms with Gasteiger partial charge in [-0.2, -0.15) is 0 Å². The summed E-state index contributed by atoms with van der Waals surface area (Å²) in [6.07, 6.45) is 0.153. The van der Waals surface area contributed by atoms with Crippen LogP contribution in [-0.2, 0) is 13.4 Å². The average Bonchev–Trinajstić information content (AvgIpc) is 2.60. The zero-order chi connectivity index (χ0) is 21.0. The maximum atomic E-state index is 14.5. The van der Waals surface area contributed by atoms with Gasteiger partial charge in [0.05, 0.1) is 12.2 Å². The smallest absolute Gasteiger partial charge is 0.184 e. The van der Waals surface area contributed by atoms with Crippen molar-refractivity contribution in [1.82, 2.24) is 0 Å². The normalized spacial score (nSPS) is 15.2. The van der Waals surface area contributed by atoms with E-state index >= 15 is 0 Å². The van der Waals surface area contributed by atoms with Crippen LogP contribution in [0.3, 0.4) is 0 Å². The summed E-state index contributed by atoms with van der Waals surface area (Å²) in [5.74, 6) is 0. The van der Waals surface area contributed by atoms with Crippen LogP contribution in [0.25, 0.3) is 0 Å². The highest BCUT2D eigenvalue weighted by Gasteiger charge is 2.37. The van der Waals surface area contributed by atoms with E-state index in [0.717, 1.165) is 10.6 Å². The molecule has 2 aromatic rings. The van der Waals surface area contributed by atoms with E-state index in [2.05, 4.69) is 46.2 Å². The van der Waals surface area contributed by atoms with Gasteiger partial charge >= 0.3 is 0 Å². The number of hydrogen-bond donors (Lipinski definition) is 0. The Morgan fingerprint density at radius 3 is 1.50 bits per heavy atom. The van der Waals surface area contributed by atoms with Gasteiger partial charge in [0.25, 0.3) is 0 Å². The topological polar surface area (TPSA) is 35.5 Å². The molecule has 0 unspecified atom stereocenters. The van der Waals surface area contributed by atoms with Crippen LogP contribution in [0.15, 0.2) is 60.7 Å². The molecule has 0 aromatic heterocycles. The molecule has 2 rings (SSSR count). The molecule has 0 amide bonds. The van der Waals surface area contributed by atoms with E-state index in [0.29, 0.717) is 6.16 Å². The molecule has 3 nitrogen and oxygen atoms in total.